The Kier molecular flexibility index (Phi) is 4.61. The lowest BCUT2D eigenvalue weighted by molar-refractivity contribution is -0.123. The van der Waals surface area contributed by atoms with Crippen molar-refractivity contribution >= 4 is 23.2 Å². The van der Waals surface area contributed by atoms with E-state index in [0.717, 1.165) is 25.7 Å². The van der Waals surface area contributed by atoms with E-state index in [1.54, 1.807) is 0 Å². The van der Waals surface area contributed by atoms with Gasteiger partial charge in [0, 0.05) is 0 Å². The molecule has 0 radical (unpaired) electrons. The molecule has 1 aromatic carbocycles. The van der Waals surface area contributed by atoms with Crippen LogP contribution in [0.4, 0.5) is 10.1 Å². The lowest BCUT2D eigenvalue weighted by Crippen LogP contribution is -2.35. The lowest BCUT2D eigenvalue weighted by Gasteiger charge is -2.24. The number of nitriles is 1. The molecule has 1 aliphatic carbocycles. The Hall–Kier alpha value is -1.60. The highest BCUT2D eigenvalue weighted by molar-refractivity contribution is 6.33. The van der Waals surface area contributed by atoms with Crippen LogP contribution in [0.5, 0.6) is 0 Å². The molecule has 106 valence electrons. The van der Waals surface area contributed by atoms with E-state index < -0.39 is 17.1 Å². The minimum atomic E-state index is -1.07. The zero-order chi connectivity index (χ0) is 14.6. The molecule has 2 rings (SSSR count). The van der Waals surface area contributed by atoms with Gasteiger partial charge in [0.2, 0.25) is 5.91 Å². The molecule has 20 heavy (non-hydrogen) atoms. The zero-order valence-electron chi connectivity index (χ0n) is 11.1. The molecule has 0 unspecified atom stereocenters. The summed E-state index contributed by atoms with van der Waals surface area (Å²) in [7, 11) is 0. The Labute approximate surface area is 122 Å². The number of para-hydroxylation sites is 1. The van der Waals surface area contributed by atoms with E-state index in [-0.39, 0.29) is 10.7 Å². The van der Waals surface area contributed by atoms with Crippen molar-refractivity contribution in [2.75, 3.05) is 5.32 Å². The van der Waals surface area contributed by atoms with Gasteiger partial charge in [-0.05, 0) is 25.0 Å². The zero-order valence-corrected chi connectivity index (χ0v) is 11.8. The molecule has 3 nitrogen and oxygen atoms in total. The molecule has 0 atom stereocenters. The van der Waals surface area contributed by atoms with Gasteiger partial charge in [-0.25, -0.2) is 4.39 Å². The average molecular weight is 295 g/mol. The molecule has 0 heterocycles. The van der Waals surface area contributed by atoms with E-state index >= 15 is 0 Å². The average Bonchev–Trinajstić information content (AvgIpc) is 2.69. The molecular formula is C15H16ClFN2O. The number of carbonyl (C=O) groups is 1. The van der Waals surface area contributed by atoms with Crippen LogP contribution < -0.4 is 5.32 Å². The fourth-order valence-corrected chi connectivity index (χ4v) is 2.78. The Morgan fingerprint density at radius 1 is 1.30 bits per heavy atom. The fraction of sp³-hybridized carbons (Fsp3) is 0.467. The van der Waals surface area contributed by atoms with E-state index in [1.807, 2.05) is 0 Å². The third-order valence-electron chi connectivity index (χ3n) is 3.81. The first-order valence-electron chi connectivity index (χ1n) is 6.76. The van der Waals surface area contributed by atoms with Gasteiger partial charge in [-0.15, -0.1) is 0 Å². The van der Waals surface area contributed by atoms with Crippen LogP contribution in [0.3, 0.4) is 0 Å². The molecule has 0 aromatic heterocycles. The standard InChI is InChI=1S/C15H16ClFN2O/c16-11-6-5-7-12(17)13(11)19-14(20)15(10-18)8-3-1-2-4-9-15/h5-7H,1-4,8-9H2,(H,19,20). The van der Waals surface area contributed by atoms with Crippen molar-refractivity contribution in [2.24, 2.45) is 5.41 Å². The van der Waals surface area contributed by atoms with Gasteiger partial charge in [-0.3, -0.25) is 4.79 Å². The summed E-state index contributed by atoms with van der Waals surface area (Å²) >= 11 is 5.90. The van der Waals surface area contributed by atoms with Gasteiger partial charge in [-0.1, -0.05) is 43.4 Å². The second kappa shape index (κ2) is 6.23. The van der Waals surface area contributed by atoms with Gasteiger partial charge < -0.3 is 5.32 Å². The number of carbonyl (C=O) groups excluding carboxylic acids is 1. The smallest absolute Gasteiger partial charge is 0.244 e. The highest BCUT2D eigenvalue weighted by Crippen LogP contribution is 2.36. The number of rotatable bonds is 2. The quantitative estimate of drug-likeness (QED) is 0.828. The molecule has 1 N–H and O–H groups in total. The van der Waals surface area contributed by atoms with Crippen LogP contribution in [0.2, 0.25) is 5.02 Å². The van der Waals surface area contributed by atoms with Gasteiger partial charge >= 0.3 is 0 Å². The van der Waals surface area contributed by atoms with Crippen molar-refractivity contribution in [3.05, 3.63) is 29.0 Å². The third kappa shape index (κ3) is 2.94. The molecule has 1 fully saturated rings. The summed E-state index contributed by atoms with van der Waals surface area (Å²) in [5.41, 5.74) is -1.11. The van der Waals surface area contributed by atoms with Crippen LogP contribution in [0.1, 0.15) is 38.5 Å². The Bertz CT molecular complexity index is 525. The Morgan fingerprint density at radius 3 is 2.50 bits per heavy atom. The molecule has 0 aliphatic heterocycles. The number of halogens is 2. The minimum Gasteiger partial charge on any atom is -0.321 e. The van der Waals surface area contributed by atoms with Crippen molar-refractivity contribution in [1.82, 2.24) is 0 Å². The highest BCUT2D eigenvalue weighted by Gasteiger charge is 2.39. The summed E-state index contributed by atoms with van der Waals surface area (Å²) in [6.07, 6.45) is 4.76. The van der Waals surface area contributed by atoms with Crippen LogP contribution in [-0.2, 0) is 4.79 Å². The Morgan fingerprint density at radius 2 is 1.95 bits per heavy atom. The van der Waals surface area contributed by atoms with E-state index in [4.69, 9.17) is 11.6 Å². The summed E-state index contributed by atoms with van der Waals surface area (Å²) in [5, 5.41) is 12.1. The predicted octanol–water partition coefficient (Wildman–Crippen LogP) is 4.28. The maximum atomic E-state index is 13.7. The molecule has 1 aliphatic rings. The number of amides is 1. The SMILES string of the molecule is N#CC1(C(=O)Nc2c(F)cccc2Cl)CCCCCC1. The minimum absolute atomic E-state index is 0.0435. The third-order valence-corrected chi connectivity index (χ3v) is 4.12. The Balaban J connectivity index is 2.24. The van der Waals surface area contributed by atoms with Crippen LogP contribution in [0, 0.1) is 22.6 Å². The molecule has 1 aromatic rings. The molecule has 5 heteroatoms. The van der Waals surface area contributed by atoms with Crippen molar-refractivity contribution in [3.63, 3.8) is 0 Å². The lowest BCUT2D eigenvalue weighted by atomic mass is 9.81. The van der Waals surface area contributed by atoms with Crippen molar-refractivity contribution in [3.8, 4) is 6.07 Å². The summed E-state index contributed by atoms with van der Waals surface area (Å²) in [5.74, 6) is -1.04. The van der Waals surface area contributed by atoms with Crippen LogP contribution >= 0.6 is 11.6 Å². The van der Waals surface area contributed by atoms with Gasteiger partial charge in [0.15, 0.2) is 0 Å². The van der Waals surface area contributed by atoms with Crippen molar-refractivity contribution in [1.29, 1.82) is 5.26 Å². The number of nitrogens with zero attached hydrogens (tertiary/aromatic N) is 1. The van der Waals surface area contributed by atoms with Crippen molar-refractivity contribution < 1.29 is 9.18 Å². The number of hydrogen-bond donors (Lipinski definition) is 1. The molecular weight excluding hydrogens is 279 g/mol. The number of benzene rings is 1. The highest BCUT2D eigenvalue weighted by atomic mass is 35.5. The number of hydrogen-bond acceptors (Lipinski definition) is 2. The molecule has 1 amide bonds. The van der Waals surface area contributed by atoms with Crippen LogP contribution in [-0.4, -0.2) is 5.91 Å². The second-order valence-electron chi connectivity index (χ2n) is 5.16. The molecule has 0 spiro atoms. The summed E-state index contributed by atoms with van der Waals surface area (Å²) in [4.78, 5) is 12.4. The summed E-state index contributed by atoms with van der Waals surface area (Å²) in [6, 6.07) is 6.35. The monoisotopic (exact) mass is 294 g/mol. The molecule has 1 saturated carbocycles. The fourth-order valence-electron chi connectivity index (χ4n) is 2.57. The normalized spacial score (nSPS) is 17.9. The molecule has 0 saturated heterocycles. The largest absolute Gasteiger partial charge is 0.321 e. The topological polar surface area (TPSA) is 52.9 Å². The van der Waals surface area contributed by atoms with E-state index in [1.165, 1.54) is 18.2 Å². The maximum absolute atomic E-state index is 13.7. The summed E-state index contributed by atoms with van der Waals surface area (Å²) < 4.78 is 13.7. The van der Waals surface area contributed by atoms with E-state index in [9.17, 15) is 14.4 Å². The summed E-state index contributed by atoms with van der Waals surface area (Å²) in [6.45, 7) is 0. The van der Waals surface area contributed by atoms with Gasteiger partial charge in [0.05, 0.1) is 16.8 Å². The van der Waals surface area contributed by atoms with E-state index in [2.05, 4.69) is 11.4 Å². The first-order chi connectivity index (χ1) is 9.59. The first kappa shape index (κ1) is 14.8. The predicted molar refractivity (Wildman–Crippen MR) is 75.8 cm³/mol. The van der Waals surface area contributed by atoms with Gasteiger partial charge in [0.1, 0.15) is 11.2 Å². The number of nitrogens with one attached hydrogen (secondary N) is 1. The van der Waals surface area contributed by atoms with Crippen LogP contribution in [0.15, 0.2) is 18.2 Å². The van der Waals surface area contributed by atoms with Crippen molar-refractivity contribution in [2.45, 2.75) is 38.5 Å². The maximum Gasteiger partial charge on any atom is 0.244 e. The van der Waals surface area contributed by atoms with E-state index in [0.29, 0.717) is 12.8 Å². The first-order valence-corrected chi connectivity index (χ1v) is 7.13. The number of anilines is 1. The molecule has 0 bridgehead atoms. The second-order valence-corrected chi connectivity index (χ2v) is 5.57. The van der Waals surface area contributed by atoms with Gasteiger partial charge in [-0.2, -0.15) is 5.26 Å². The van der Waals surface area contributed by atoms with Crippen LogP contribution in [0.25, 0.3) is 0 Å². The van der Waals surface area contributed by atoms with Gasteiger partial charge in [0.25, 0.3) is 0 Å².